The van der Waals surface area contributed by atoms with Crippen LogP contribution in [0.5, 0.6) is 0 Å². The Balaban J connectivity index is 2.26. The van der Waals surface area contributed by atoms with Crippen molar-refractivity contribution in [3.05, 3.63) is 35.1 Å². The molecule has 0 saturated carbocycles. The molecule has 0 saturated heterocycles. The summed E-state index contributed by atoms with van der Waals surface area (Å²) in [6.45, 7) is 2.07. The Labute approximate surface area is 115 Å². The van der Waals surface area contributed by atoms with E-state index in [-0.39, 0.29) is 6.04 Å². The predicted octanol–water partition coefficient (Wildman–Crippen LogP) is 2.89. The molecule has 0 aliphatic carbocycles. The van der Waals surface area contributed by atoms with Crippen molar-refractivity contribution in [3.63, 3.8) is 0 Å². The summed E-state index contributed by atoms with van der Waals surface area (Å²) in [7, 11) is 0. The van der Waals surface area contributed by atoms with Crippen LogP contribution in [-0.4, -0.2) is 21.2 Å². The summed E-state index contributed by atoms with van der Waals surface area (Å²) in [6.07, 6.45) is 3.19. The Kier molecular flexibility index (Phi) is 4.63. The molecule has 4 nitrogen and oxygen atoms in total. The van der Waals surface area contributed by atoms with Gasteiger partial charge in [0.05, 0.1) is 0 Å². The van der Waals surface area contributed by atoms with Gasteiger partial charge in [-0.2, -0.15) is 5.10 Å². The molecule has 0 aliphatic heterocycles. The van der Waals surface area contributed by atoms with Crippen molar-refractivity contribution < 1.29 is 0 Å². The van der Waals surface area contributed by atoms with Crippen LogP contribution in [0, 0.1) is 0 Å². The fourth-order valence-electron chi connectivity index (χ4n) is 1.59. The molecule has 1 atom stereocenters. The molecular weight excluding hydrogens is 268 g/mol. The van der Waals surface area contributed by atoms with Crippen molar-refractivity contribution in [2.75, 3.05) is 0 Å². The highest BCUT2D eigenvalue weighted by atomic mass is 35.5. The number of benzene rings is 1. The van der Waals surface area contributed by atoms with Gasteiger partial charge in [0.25, 0.3) is 0 Å². The van der Waals surface area contributed by atoms with Gasteiger partial charge in [-0.15, -0.1) is 0 Å². The highest BCUT2D eigenvalue weighted by Gasteiger charge is 2.12. The van der Waals surface area contributed by atoms with Crippen molar-refractivity contribution in [2.24, 2.45) is 5.73 Å². The van der Waals surface area contributed by atoms with Crippen molar-refractivity contribution in [2.45, 2.75) is 35.9 Å². The first-order valence-electron chi connectivity index (χ1n) is 5.77. The van der Waals surface area contributed by atoms with Crippen LogP contribution >= 0.6 is 23.4 Å². The van der Waals surface area contributed by atoms with Gasteiger partial charge in [0.1, 0.15) is 6.33 Å². The normalized spacial score (nSPS) is 12.6. The summed E-state index contributed by atoms with van der Waals surface area (Å²) in [5.74, 6) is 0. The highest BCUT2D eigenvalue weighted by molar-refractivity contribution is 7.99. The lowest BCUT2D eigenvalue weighted by Gasteiger charge is -2.13. The zero-order valence-electron chi connectivity index (χ0n) is 10.1. The number of hydrogen-bond acceptors (Lipinski definition) is 4. The minimum Gasteiger partial charge on any atom is -0.327 e. The van der Waals surface area contributed by atoms with E-state index in [9.17, 15) is 0 Å². The molecule has 0 radical (unpaired) electrons. The van der Waals surface area contributed by atoms with Crippen molar-refractivity contribution in [1.82, 2.24) is 15.2 Å². The van der Waals surface area contributed by atoms with Crippen LogP contribution in [0.25, 0.3) is 0 Å². The first kappa shape index (κ1) is 13.4. The third-order valence-corrected chi connectivity index (χ3v) is 4.01. The van der Waals surface area contributed by atoms with Crippen LogP contribution < -0.4 is 5.73 Å². The Bertz CT molecular complexity index is 501. The second-order valence-corrected chi connectivity index (χ2v) is 5.42. The number of halogens is 1. The zero-order valence-corrected chi connectivity index (χ0v) is 11.6. The smallest absolute Gasteiger partial charge is 0.188 e. The van der Waals surface area contributed by atoms with Crippen LogP contribution in [0.3, 0.4) is 0 Å². The quantitative estimate of drug-likeness (QED) is 0.885. The van der Waals surface area contributed by atoms with Gasteiger partial charge in [-0.05, 0) is 30.5 Å². The number of hydrogen-bond donors (Lipinski definition) is 2. The number of aromatic amines is 1. The highest BCUT2D eigenvalue weighted by Crippen LogP contribution is 2.32. The van der Waals surface area contributed by atoms with Crippen molar-refractivity contribution >= 4 is 23.4 Å². The molecule has 0 bridgehead atoms. The van der Waals surface area contributed by atoms with Gasteiger partial charge in [0, 0.05) is 16.0 Å². The molecule has 0 spiro atoms. The van der Waals surface area contributed by atoms with E-state index < -0.39 is 0 Å². The number of nitrogens with two attached hydrogens (primary N) is 1. The molecule has 96 valence electrons. The van der Waals surface area contributed by atoms with E-state index in [1.807, 2.05) is 18.2 Å². The van der Waals surface area contributed by atoms with E-state index in [4.69, 9.17) is 17.3 Å². The standard InChI is InChI=1S/C12H15ClN4S/c1-2-8(14)6-9-10(13)4-3-5-11(9)18-12-15-7-16-17-12/h3-5,7-8H,2,6,14H2,1H3,(H,15,16,17). The summed E-state index contributed by atoms with van der Waals surface area (Å²) >= 11 is 7.77. The Hall–Kier alpha value is -1.04. The van der Waals surface area contributed by atoms with Crippen LogP contribution in [0.2, 0.25) is 5.02 Å². The molecule has 3 N–H and O–H groups in total. The van der Waals surface area contributed by atoms with Gasteiger partial charge >= 0.3 is 0 Å². The van der Waals surface area contributed by atoms with E-state index in [2.05, 4.69) is 22.1 Å². The first-order valence-corrected chi connectivity index (χ1v) is 6.96. The van der Waals surface area contributed by atoms with E-state index in [1.54, 1.807) is 0 Å². The van der Waals surface area contributed by atoms with Crippen molar-refractivity contribution in [3.8, 4) is 0 Å². The molecule has 0 fully saturated rings. The number of aromatic nitrogens is 3. The molecule has 1 aromatic heterocycles. The summed E-state index contributed by atoms with van der Waals surface area (Å²) in [5, 5.41) is 8.17. The van der Waals surface area contributed by atoms with Gasteiger partial charge in [0.2, 0.25) is 0 Å². The number of rotatable bonds is 5. The van der Waals surface area contributed by atoms with Crippen molar-refractivity contribution in [1.29, 1.82) is 0 Å². The van der Waals surface area contributed by atoms with Gasteiger partial charge in [-0.25, -0.2) is 4.98 Å². The molecule has 0 aliphatic rings. The monoisotopic (exact) mass is 282 g/mol. The second-order valence-electron chi connectivity index (χ2n) is 3.98. The topological polar surface area (TPSA) is 67.6 Å². The minimum atomic E-state index is 0.124. The molecule has 18 heavy (non-hydrogen) atoms. The first-order chi connectivity index (χ1) is 8.70. The molecule has 1 unspecified atom stereocenters. The fourth-order valence-corrected chi connectivity index (χ4v) is 2.76. The number of nitrogens with zero attached hydrogens (tertiary/aromatic N) is 2. The van der Waals surface area contributed by atoms with E-state index in [0.717, 1.165) is 33.5 Å². The molecular formula is C12H15ClN4S. The Morgan fingerprint density at radius 2 is 2.33 bits per heavy atom. The molecule has 2 rings (SSSR count). The molecule has 6 heteroatoms. The average molecular weight is 283 g/mol. The minimum absolute atomic E-state index is 0.124. The lowest BCUT2D eigenvalue weighted by Crippen LogP contribution is -2.21. The van der Waals surface area contributed by atoms with Gasteiger partial charge in [-0.3, -0.25) is 5.10 Å². The summed E-state index contributed by atoms with van der Waals surface area (Å²) < 4.78 is 0. The Morgan fingerprint density at radius 1 is 1.50 bits per heavy atom. The maximum atomic E-state index is 6.26. The fraction of sp³-hybridized carbons (Fsp3) is 0.333. The third kappa shape index (κ3) is 3.25. The maximum Gasteiger partial charge on any atom is 0.188 e. The van der Waals surface area contributed by atoms with Gasteiger partial charge in [0.15, 0.2) is 5.16 Å². The predicted molar refractivity (Wildman–Crippen MR) is 73.9 cm³/mol. The molecule has 2 aromatic rings. The summed E-state index contributed by atoms with van der Waals surface area (Å²) in [5.41, 5.74) is 7.09. The maximum absolute atomic E-state index is 6.26. The third-order valence-electron chi connectivity index (χ3n) is 2.67. The lowest BCUT2D eigenvalue weighted by molar-refractivity contribution is 0.641. The van der Waals surface area contributed by atoms with Gasteiger partial charge < -0.3 is 5.73 Å². The largest absolute Gasteiger partial charge is 0.327 e. The number of nitrogens with one attached hydrogen (secondary N) is 1. The van der Waals surface area contributed by atoms with Crippen LogP contribution in [-0.2, 0) is 6.42 Å². The SMILES string of the molecule is CCC(N)Cc1c(Cl)cccc1Sc1ncn[nH]1. The zero-order chi connectivity index (χ0) is 13.0. The number of H-pyrrole nitrogens is 1. The van der Waals surface area contributed by atoms with E-state index in [1.165, 1.54) is 18.1 Å². The summed E-state index contributed by atoms with van der Waals surface area (Å²) in [6, 6.07) is 5.97. The van der Waals surface area contributed by atoms with Crippen LogP contribution in [0.1, 0.15) is 18.9 Å². The Morgan fingerprint density at radius 3 is 3.00 bits per heavy atom. The molecule has 1 aromatic carbocycles. The molecule has 0 amide bonds. The summed E-state index contributed by atoms with van der Waals surface area (Å²) in [4.78, 5) is 5.18. The van der Waals surface area contributed by atoms with Crippen LogP contribution in [0.4, 0.5) is 0 Å². The van der Waals surface area contributed by atoms with Crippen LogP contribution in [0.15, 0.2) is 34.6 Å². The van der Waals surface area contributed by atoms with E-state index in [0.29, 0.717) is 0 Å². The van der Waals surface area contributed by atoms with E-state index >= 15 is 0 Å². The lowest BCUT2D eigenvalue weighted by atomic mass is 10.0. The second kappa shape index (κ2) is 6.22. The average Bonchev–Trinajstić information content (AvgIpc) is 2.86. The van der Waals surface area contributed by atoms with Gasteiger partial charge in [-0.1, -0.05) is 36.4 Å². The molecule has 1 heterocycles.